The average molecular weight is 634 g/mol. The van der Waals surface area contributed by atoms with Gasteiger partial charge in [0.2, 0.25) is 0 Å². The highest BCUT2D eigenvalue weighted by Gasteiger charge is 2.37. The van der Waals surface area contributed by atoms with E-state index in [1.807, 2.05) is 31.2 Å². The number of nitrogens with one attached hydrogen (secondary N) is 2. The van der Waals surface area contributed by atoms with Crippen molar-refractivity contribution in [3.05, 3.63) is 108 Å². The van der Waals surface area contributed by atoms with Crippen LogP contribution in [0.5, 0.6) is 17.2 Å². The number of aryl methyl sites for hydroxylation is 1. The molecule has 6 bridgehead atoms. The van der Waals surface area contributed by atoms with Crippen molar-refractivity contribution in [3.63, 3.8) is 0 Å². The van der Waals surface area contributed by atoms with Crippen LogP contribution in [0.15, 0.2) is 85.2 Å². The Bertz CT molecular complexity index is 2000. The minimum absolute atomic E-state index is 0.174. The van der Waals surface area contributed by atoms with E-state index in [1.54, 1.807) is 49.7 Å². The number of carbonyl (C=O) groups excluding carboxylic acids is 2. The van der Waals surface area contributed by atoms with Crippen LogP contribution in [0.1, 0.15) is 21.6 Å². The van der Waals surface area contributed by atoms with Crippen LogP contribution >= 0.6 is 0 Å². The van der Waals surface area contributed by atoms with Gasteiger partial charge in [-0.25, -0.2) is 4.39 Å². The number of pyridine rings is 2. The molecule has 3 aliphatic rings. The quantitative estimate of drug-likeness (QED) is 0.284. The van der Waals surface area contributed by atoms with Crippen molar-refractivity contribution in [2.24, 2.45) is 0 Å². The van der Waals surface area contributed by atoms with Crippen LogP contribution in [0, 0.1) is 12.7 Å². The summed E-state index contributed by atoms with van der Waals surface area (Å²) in [6, 6.07) is 20.5. The van der Waals surface area contributed by atoms with Gasteiger partial charge in [0, 0.05) is 59.4 Å². The lowest BCUT2D eigenvalue weighted by molar-refractivity contribution is -0.123. The molecule has 2 amide bonds. The molecule has 47 heavy (non-hydrogen) atoms. The lowest BCUT2D eigenvalue weighted by Crippen LogP contribution is -2.45. The highest BCUT2D eigenvalue weighted by Crippen LogP contribution is 2.33. The first-order chi connectivity index (χ1) is 22.8. The third-order valence-corrected chi connectivity index (χ3v) is 8.36. The molecule has 2 N–H and O–H groups in total. The van der Waals surface area contributed by atoms with Crippen molar-refractivity contribution in [2.45, 2.75) is 25.6 Å². The van der Waals surface area contributed by atoms with Gasteiger partial charge in [0.1, 0.15) is 29.2 Å². The van der Waals surface area contributed by atoms with Crippen molar-refractivity contribution in [3.8, 4) is 28.4 Å². The van der Waals surface area contributed by atoms with Crippen molar-refractivity contribution in [1.29, 1.82) is 0 Å². The SMILES string of the molecule is COc1cc2ccc1CNC(=O)COc1cccc(c1)-c1cncc(c1)C(=O)N[C@H]1CN(c3cc(C)nc4ccc(F)cc34)C[C@@H]1O2. The van der Waals surface area contributed by atoms with Crippen molar-refractivity contribution in [1.82, 2.24) is 20.6 Å². The Kier molecular flexibility index (Phi) is 8.03. The van der Waals surface area contributed by atoms with Crippen molar-refractivity contribution >= 4 is 28.4 Å². The van der Waals surface area contributed by atoms with Crippen molar-refractivity contribution < 1.29 is 28.2 Å². The summed E-state index contributed by atoms with van der Waals surface area (Å²) in [6.45, 7) is 2.76. The van der Waals surface area contributed by atoms with Gasteiger partial charge in [0.15, 0.2) is 6.61 Å². The number of benzene rings is 3. The summed E-state index contributed by atoms with van der Waals surface area (Å²) in [5.41, 5.74) is 4.90. The number of amides is 2. The number of carbonyl (C=O) groups is 2. The molecule has 0 spiro atoms. The molecule has 0 saturated carbocycles. The zero-order valence-electron chi connectivity index (χ0n) is 25.8. The van der Waals surface area contributed by atoms with Crippen molar-refractivity contribution in [2.75, 3.05) is 31.7 Å². The highest BCUT2D eigenvalue weighted by atomic mass is 19.1. The molecule has 10 nitrogen and oxygen atoms in total. The van der Waals surface area contributed by atoms with Crippen LogP contribution in [0.2, 0.25) is 0 Å². The Labute approximate surface area is 270 Å². The summed E-state index contributed by atoms with van der Waals surface area (Å²) in [7, 11) is 1.55. The standard InChI is InChI=1S/C36H32FN5O5/c1-21-10-32(29-13-26(37)7-9-30(29)40-21)42-18-31-34(19-42)47-28-8-6-23(33(14-28)45-2)17-39-35(43)20-46-27-5-3-4-22(12-27)24-11-25(16-38-15-24)36(44)41-31/h3-16,31,34H,17-20H2,1-2H3,(H,39,43)(H,41,44)/t31-,34-/m0/s1. The van der Waals surface area contributed by atoms with Gasteiger partial charge in [-0.1, -0.05) is 12.1 Å². The smallest absolute Gasteiger partial charge is 0.258 e. The van der Waals surface area contributed by atoms with Gasteiger partial charge in [-0.05, 0) is 67.1 Å². The van der Waals surface area contributed by atoms with Gasteiger partial charge in [-0.3, -0.25) is 19.6 Å². The maximum absolute atomic E-state index is 14.4. The summed E-state index contributed by atoms with van der Waals surface area (Å²) >= 11 is 0. The molecule has 1 saturated heterocycles. The third kappa shape index (κ3) is 6.37. The third-order valence-electron chi connectivity index (χ3n) is 8.36. The molecule has 2 atom stereocenters. The normalized spacial score (nSPS) is 18.1. The molecule has 0 aliphatic carbocycles. The first-order valence-corrected chi connectivity index (χ1v) is 15.2. The molecule has 1 fully saturated rings. The second kappa shape index (κ2) is 12.6. The number of nitrogens with zero attached hydrogens (tertiary/aromatic N) is 3. The van der Waals surface area contributed by atoms with Crippen LogP contribution in [0.25, 0.3) is 22.0 Å². The van der Waals surface area contributed by atoms with E-state index in [-0.39, 0.29) is 30.8 Å². The van der Waals surface area contributed by atoms with E-state index >= 15 is 0 Å². The number of anilines is 1. The first-order valence-electron chi connectivity index (χ1n) is 15.2. The molecule has 3 aliphatic heterocycles. The Morgan fingerprint density at radius 3 is 2.68 bits per heavy atom. The maximum Gasteiger partial charge on any atom is 0.258 e. The molecule has 5 aromatic rings. The molecule has 0 unspecified atom stereocenters. The number of hydrogen-bond acceptors (Lipinski definition) is 8. The van der Waals surface area contributed by atoms with Gasteiger partial charge in [-0.15, -0.1) is 0 Å². The first kappa shape index (κ1) is 30.0. The molecule has 2 aromatic heterocycles. The predicted molar refractivity (Wildman–Crippen MR) is 174 cm³/mol. The summed E-state index contributed by atoms with van der Waals surface area (Å²) in [6.07, 6.45) is 2.70. The molecule has 3 aromatic carbocycles. The number of fused-ring (bicyclic) bond motifs is 8. The highest BCUT2D eigenvalue weighted by molar-refractivity contribution is 5.96. The minimum atomic E-state index is -0.484. The van der Waals surface area contributed by atoms with Gasteiger partial charge in [0.05, 0.1) is 30.8 Å². The largest absolute Gasteiger partial charge is 0.496 e. The average Bonchev–Trinajstić information content (AvgIpc) is 3.47. The summed E-state index contributed by atoms with van der Waals surface area (Å²) in [5, 5.41) is 6.73. The fraction of sp³-hybridized carbons (Fsp3) is 0.222. The second-order valence-corrected chi connectivity index (χ2v) is 11.6. The molecule has 238 valence electrons. The van der Waals surface area contributed by atoms with Gasteiger partial charge in [0.25, 0.3) is 11.8 Å². The number of aromatic nitrogens is 2. The molecule has 11 heteroatoms. The molecule has 5 heterocycles. The monoisotopic (exact) mass is 633 g/mol. The minimum Gasteiger partial charge on any atom is -0.496 e. The molecule has 0 radical (unpaired) electrons. The van der Waals surface area contributed by atoms with Gasteiger partial charge in [-0.2, -0.15) is 0 Å². The number of methoxy groups -OCH3 is 1. The number of ether oxygens (including phenoxy) is 3. The fourth-order valence-corrected chi connectivity index (χ4v) is 6.05. The van der Waals surface area contributed by atoms with E-state index in [2.05, 4.69) is 25.5 Å². The van der Waals surface area contributed by atoms with E-state index in [4.69, 9.17) is 14.2 Å². The number of hydrogen-bond donors (Lipinski definition) is 2. The summed E-state index contributed by atoms with van der Waals surface area (Å²) in [4.78, 5) is 37.4. The van der Waals surface area contributed by atoms with E-state index in [0.29, 0.717) is 46.8 Å². The Balaban J connectivity index is 1.27. The lowest BCUT2D eigenvalue weighted by atomic mass is 10.1. The maximum atomic E-state index is 14.4. The van der Waals surface area contributed by atoms with E-state index in [9.17, 15) is 14.0 Å². The molecule has 8 rings (SSSR count). The molecular weight excluding hydrogens is 601 g/mol. The zero-order chi connectivity index (χ0) is 32.5. The van der Waals surface area contributed by atoms with Crippen LogP contribution in [0.4, 0.5) is 10.1 Å². The Morgan fingerprint density at radius 2 is 1.81 bits per heavy atom. The predicted octanol–water partition coefficient (Wildman–Crippen LogP) is 4.83. The zero-order valence-corrected chi connectivity index (χ0v) is 25.8. The number of rotatable bonds is 2. The molecular formula is C36H32FN5O5. The van der Waals surface area contributed by atoms with Gasteiger partial charge >= 0.3 is 0 Å². The van der Waals surface area contributed by atoms with E-state index < -0.39 is 12.1 Å². The van der Waals surface area contributed by atoms with E-state index in [1.165, 1.54) is 18.3 Å². The number of halogens is 1. The fourth-order valence-electron chi connectivity index (χ4n) is 6.05. The summed E-state index contributed by atoms with van der Waals surface area (Å²) in [5.74, 6) is 0.617. The summed E-state index contributed by atoms with van der Waals surface area (Å²) < 4.78 is 32.4. The van der Waals surface area contributed by atoms with E-state index in [0.717, 1.165) is 28.1 Å². The van der Waals surface area contributed by atoms with Gasteiger partial charge < -0.3 is 29.7 Å². The second-order valence-electron chi connectivity index (χ2n) is 11.6. The van der Waals surface area contributed by atoms with Crippen LogP contribution < -0.4 is 29.7 Å². The van der Waals surface area contributed by atoms with Crippen LogP contribution in [0.3, 0.4) is 0 Å². The lowest BCUT2D eigenvalue weighted by Gasteiger charge is -2.22. The van der Waals surface area contributed by atoms with Crippen LogP contribution in [-0.4, -0.2) is 60.7 Å². The topological polar surface area (TPSA) is 115 Å². The van der Waals surface area contributed by atoms with Crippen LogP contribution in [-0.2, 0) is 11.3 Å². The Hall–Kier alpha value is -5.71. The Morgan fingerprint density at radius 1 is 0.936 bits per heavy atom.